The van der Waals surface area contributed by atoms with Crippen LogP contribution in [0.1, 0.15) is 30.0 Å². The summed E-state index contributed by atoms with van der Waals surface area (Å²) in [6.45, 7) is 7.64. The topological polar surface area (TPSA) is 50.2 Å². The number of hydrogen-bond donors (Lipinski definition) is 1. The Kier molecular flexibility index (Phi) is 5.82. The van der Waals surface area contributed by atoms with Crippen LogP contribution in [0.2, 0.25) is 0 Å². The fraction of sp³-hybridized carbons (Fsp3) is 0.692. The van der Waals surface area contributed by atoms with E-state index in [4.69, 9.17) is 0 Å². The summed E-state index contributed by atoms with van der Waals surface area (Å²) in [5, 5.41) is 7.67. The van der Waals surface area contributed by atoms with Crippen LogP contribution >= 0.6 is 12.4 Å². The first-order chi connectivity index (χ1) is 8.58. The quantitative estimate of drug-likeness (QED) is 0.905. The van der Waals surface area contributed by atoms with Crippen molar-refractivity contribution in [3.05, 3.63) is 17.5 Å². The van der Waals surface area contributed by atoms with Gasteiger partial charge in [0.05, 0.1) is 5.69 Å². The highest BCUT2D eigenvalue weighted by Gasteiger charge is 2.21. The lowest BCUT2D eigenvalue weighted by Crippen LogP contribution is -2.46. The Bertz CT molecular complexity index is 424. The van der Waals surface area contributed by atoms with Gasteiger partial charge in [-0.3, -0.25) is 9.48 Å². The Morgan fingerprint density at radius 3 is 2.63 bits per heavy atom. The van der Waals surface area contributed by atoms with Crippen LogP contribution in [-0.4, -0.2) is 46.8 Å². The Balaban J connectivity index is 0.00000180. The van der Waals surface area contributed by atoms with Crippen LogP contribution in [0, 0.1) is 5.92 Å². The van der Waals surface area contributed by atoms with Crippen molar-refractivity contribution >= 4 is 18.3 Å². The van der Waals surface area contributed by atoms with E-state index in [-0.39, 0.29) is 18.3 Å². The van der Waals surface area contributed by atoms with Gasteiger partial charge >= 0.3 is 0 Å². The van der Waals surface area contributed by atoms with Crippen molar-refractivity contribution in [3.8, 4) is 0 Å². The second-order valence-corrected chi connectivity index (χ2v) is 5.28. The minimum atomic E-state index is 0. The Hall–Kier alpha value is -1.07. The molecule has 0 bridgehead atoms. The number of rotatable bonds is 3. The molecule has 1 N–H and O–H groups in total. The summed E-state index contributed by atoms with van der Waals surface area (Å²) < 4.78 is 1.71. The highest BCUT2D eigenvalue weighted by Crippen LogP contribution is 2.11. The minimum Gasteiger partial charge on any atom is -0.335 e. The van der Waals surface area contributed by atoms with Crippen LogP contribution in [-0.2, 0) is 13.5 Å². The molecular formula is C13H23ClN4O. The fourth-order valence-electron chi connectivity index (χ4n) is 2.27. The van der Waals surface area contributed by atoms with E-state index in [2.05, 4.69) is 24.3 Å². The number of carbonyl (C=O) groups is 1. The molecule has 0 aliphatic carbocycles. The monoisotopic (exact) mass is 286 g/mol. The van der Waals surface area contributed by atoms with Crippen LogP contribution < -0.4 is 5.32 Å². The molecule has 5 nitrogen and oxygen atoms in total. The van der Waals surface area contributed by atoms with Crippen molar-refractivity contribution < 1.29 is 4.79 Å². The number of nitrogens with one attached hydrogen (secondary N) is 1. The molecular weight excluding hydrogens is 264 g/mol. The summed E-state index contributed by atoms with van der Waals surface area (Å²) in [6, 6.07) is 1.93. The van der Waals surface area contributed by atoms with Crippen LogP contribution in [0.15, 0.2) is 6.07 Å². The third-order valence-electron chi connectivity index (χ3n) is 3.17. The van der Waals surface area contributed by atoms with Crippen molar-refractivity contribution in [2.75, 3.05) is 26.2 Å². The molecule has 0 atom stereocenters. The van der Waals surface area contributed by atoms with Gasteiger partial charge < -0.3 is 10.2 Å². The predicted molar refractivity (Wildman–Crippen MR) is 77.8 cm³/mol. The average Bonchev–Trinajstić information content (AvgIpc) is 2.69. The van der Waals surface area contributed by atoms with E-state index in [9.17, 15) is 4.79 Å². The second kappa shape index (κ2) is 6.91. The summed E-state index contributed by atoms with van der Waals surface area (Å²) in [5.41, 5.74) is 1.71. The zero-order valence-electron chi connectivity index (χ0n) is 11.8. The summed E-state index contributed by atoms with van der Waals surface area (Å²) in [5.74, 6) is 0.656. The zero-order chi connectivity index (χ0) is 13.1. The fourth-order valence-corrected chi connectivity index (χ4v) is 2.27. The molecule has 1 aliphatic heterocycles. The van der Waals surface area contributed by atoms with E-state index in [1.54, 1.807) is 4.68 Å². The number of nitrogens with zero attached hydrogens (tertiary/aromatic N) is 3. The molecule has 1 saturated heterocycles. The highest BCUT2D eigenvalue weighted by atomic mass is 35.5. The summed E-state index contributed by atoms with van der Waals surface area (Å²) >= 11 is 0. The molecule has 0 radical (unpaired) electrons. The number of carbonyl (C=O) groups excluding carboxylic acids is 1. The van der Waals surface area contributed by atoms with Gasteiger partial charge in [-0.15, -0.1) is 12.4 Å². The normalized spacial score (nSPS) is 15.5. The lowest BCUT2D eigenvalue weighted by Gasteiger charge is -2.27. The van der Waals surface area contributed by atoms with Crippen LogP contribution in [0.5, 0.6) is 0 Å². The Morgan fingerprint density at radius 2 is 2.05 bits per heavy atom. The number of aromatic nitrogens is 2. The molecule has 1 fully saturated rings. The first kappa shape index (κ1) is 16.0. The average molecular weight is 287 g/mol. The third kappa shape index (κ3) is 3.94. The Labute approximate surface area is 120 Å². The molecule has 0 spiro atoms. The van der Waals surface area contributed by atoms with Crippen molar-refractivity contribution in [1.29, 1.82) is 0 Å². The first-order valence-corrected chi connectivity index (χ1v) is 6.61. The SMILES string of the molecule is CC(C)Cc1cc(C(=O)N2CCNCC2)n(C)n1.Cl. The van der Waals surface area contributed by atoms with E-state index in [0.29, 0.717) is 11.6 Å². The second-order valence-electron chi connectivity index (χ2n) is 5.28. The van der Waals surface area contributed by atoms with Crippen LogP contribution in [0.25, 0.3) is 0 Å². The van der Waals surface area contributed by atoms with Gasteiger partial charge in [-0.2, -0.15) is 5.10 Å². The van der Waals surface area contributed by atoms with Crippen LogP contribution in [0.4, 0.5) is 0 Å². The molecule has 1 aromatic rings. The molecule has 1 aliphatic rings. The van der Waals surface area contributed by atoms with E-state index in [0.717, 1.165) is 38.3 Å². The van der Waals surface area contributed by atoms with Gasteiger partial charge in [0.2, 0.25) is 0 Å². The van der Waals surface area contributed by atoms with Gasteiger partial charge in [0.25, 0.3) is 5.91 Å². The molecule has 2 rings (SSSR count). The molecule has 0 saturated carbocycles. The molecule has 0 unspecified atom stereocenters. The molecule has 1 aromatic heterocycles. The maximum absolute atomic E-state index is 12.4. The van der Waals surface area contributed by atoms with Crippen molar-refractivity contribution in [1.82, 2.24) is 20.0 Å². The molecule has 1 amide bonds. The van der Waals surface area contributed by atoms with Crippen LogP contribution in [0.3, 0.4) is 0 Å². The first-order valence-electron chi connectivity index (χ1n) is 6.61. The lowest BCUT2D eigenvalue weighted by atomic mass is 10.1. The molecule has 6 heteroatoms. The largest absolute Gasteiger partial charge is 0.335 e. The number of piperazine rings is 1. The summed E-state index contributed by atoms with van der Waals surface area (Å²) in [4.78, 5) is 14.3. The van der Waals surface area contributed by atoms with Gasteiger partial charge in [-0.25, -0.2) is 0 Å². The van der Waals surface area contributed by atoms with Crippen molar-refractivity contribution in [2.45, 2.75) is 20.3 Å². The van der Waals surface area contributed by atoms with Gasteiger partial charge in [-0.1, -0.05) is 13.8 Å². The summed E-state index contributed by atoms with van der Waals surface area (Å²) in [7, 11) is 1.85. The van der Waals surface area contributed by atoms with Gasteiger partial charge in [-0.05, 0) is 18.4 Å². The van der Waals surface area contributed by atoms with E-state index in [1.165, 1.54) is 0 Å². The molecule has 108 valence electrons. The van der Waals surface area contributed by atoms with Gasteiger partial charge in [0.15, 0.2) is 0 Å². The minimum absolute atomic E-state index is 0. The van der Waals surface area contributed by atoms with E-state index in [1.807, 2.05) is 18.0 Å². The number of amides is 1. The summed E-state index contributed by atoms with van der Waals surface area (Å²) in [6.07, 6.45) is 0.919. The van der Waals surface area contributed by atoms with Gasteiger partial charge in [0.1, 0.15) is 5.69 Å². The number of hydrogen-bond acceptors (Lipinski definition) is 3. The van der Waals surface area contributed by atoms with E-state index < -0.39 is 0 Å². The predicted octanol–water partition coefficient (Wildman–Crippen LogP) is 1.09. The maximum Gasteiger partial charge on any atom is 0.272 e. The molecule has 2 heterocycles. The van der Waals surface area contributed by atoms with Gasteiger partial charge in [0, 0.05) is 33.2 Å². The molecule has 19 heavy (non-hydrogen) atoms. The number of aryl methyl sites for hydroxylation is 1. The van der Waals surface area contributed by atoms with E-state index >= 15 is 0 Å². The third-order valence-corrected chi connectivity index (χ3v) is 3.17. The zero-order valence-corrected chi connectivity index (χ0v) is 12.7. The standard InChI is InChI=1S/C13H22N4O.ClH/c1-10(2)8-11-9-12(16(3)15-11)13(18)17-6-4-14-5-7-17;/h9-10,14H,4-8H2,1-3H3;1H. The number of halogens is 1. The van der Waals surface area contributed by atoms with Crippen molar-refractivity contribution in [3.63, 3.8) is 0 Å². The van der Waals surface area contributed by atoms with Crippen molar-refractivity contribution in [2.24, 2.45) is 13.0 Å². The Morgan fingerprint density at radius 1 is 1.42 bits per heavy atom. The maximum atomic E-state index is 12.4. The lowest BCUT2D eigenvalue weighted by molar-refractivity contribution is 0.0724. The highest BCUT2D eigenvalue weighted by molar-refractivity contribution is 5.92. The smallest absolute Gasteiger partial charge is 0.272 e. The molecule has 0 aromatic carbocycles.